The maximum atomic E-state index is 12.0. The van der Waals surface area contributed by atoms with E-state index in [9.17, 15) is 14.7 Å². The van der Waals surface area contributed by atoms with Crippen LogP contribution in [0.25, 0.3) is 0 Å². The molecule has 6 nitrogen and oxygen atoms in total. The number of carboxylic acids is 1. The van der Waals surface area contributed by atoms with Gasteiger partial charge in [0.15, 0.2) is 5.54 Å². The number of nitrogens with one attached hydrogen (secondary N) is 2. The molecule has 1 atom stereocenters. The number of aliphatic carboxylic acids is 1. The lowest BCUT2D eigenvalue weighted by Crippen LogP contribution is -2.56. The Balaban J connectivity index is 2.09. The summed E-state index contributed by atoms with van der Waals surface area (Å²) in [6.45, 7) is 4.16. The average molecular weight is 278 g/mol. The van der Waals surface area contributed by atoms with E-state index in [1.807, 2.05) is 26.0 Å². The molecule has 108 valence electrons. The highest BCUT2D eigenvalue weighted by Crippen LogP contribution is 2.21. The van der Waals surface area contributed by atoms with Gasteiger partial charge in [0.25, 0.3) is 0 Å². The first-order chi connectivity index (χ1) is 9.44. The first-order valence-electron chi connectivity index (χ1n) is 6.41. The minimum atomic E-state index is -1.33. The zero-order valence-electron chi connectivity index (χ0n) is 11.5. The van der Waals surface area contributed by atoms with Crippen LogP contribution in [0.4, 0.5) is 10.5 Å². The molecule has 0 radical (unpaired) electrons. The molecule has 1 aliphatic heterocycles. The number of aryl methyl sites for hydroxylation is 1. The molecule has 1 saturated heterocycles. The fourth-order valence-electron chi connectivity index (χ4n) is 2.14. The number of hydrogen-bond acceptors (Lipinski definition) is 3. The van der Waals surface area contributed by atoms with Crippen molar-refractivity contribution in [2.24, 2.45) is 0 Å². The zero-order chi connectivity index (χ0) is 14.8. The summed E-state index contributed by atoms with van der Waals surface area (Å²) in [6.07, 6.45) is 0.266. The fraction of sp³-hybridized carbons (Fsp3) is 0.429. The van der Waals surface area contributed by atoms with Crippen LogP contribution in [0.15, 0.2) is 18.2 Å². The second-order valence-electron chi connectivity index (χ2n) is 5.02. The number of amides is 2. The minimum Gasteiger partial charge on any atom is -0.479 e. The maximum Gasteiger partial charge on any atom is 0.332 e. The summed E-state index contributed by atoms with van der Waals surface area (Å²) in [5.41, 5.74) is 1.35. The first kappa shape index (κ1) is 14.3. The van der Waals surface area contributed by atoms with Gasteiger partial charge in [-0.3, -0.25) is 0 Å². The highest BCUT2D eigenvalue weighted by Gasteiger charge is 2.44. The normalized spacial score (nSPS) is 21.5. The Bertz CT molecular complexity index is 536. The SMILES string of the molecule is Cc1cccc(NC(=O)NC2(C(=O)O)CCOC2)c1C. The third kappa shape index (κ3) is 2.75. The van der Waals surface area contributed by atoms with Gasteiger partial charge in [0.05, 0.1) is 6.61 Å². The van der Waals surface area contributed by atoms with E-state index in [0.717, 1.165) is 11.1 Å². The van der Waals surface area contributed by atoms with Crippen LogP contribution in [-0.2, 0) is 9.53 Å². The first-order valence-corrected chi connectivity index (χ1v) is 6.41. The van der Waals surface area contributed by atoms with Gasteiger partial charge in [0.1, 0.15) is 0 Å². The molecule has 6 heteroatoms. The molecule has 0 bridgehead atoms. The van der Waals surface area contributed by atoms with Gasteiger partial charge < -0.3 is 20.5 Å². The number of carboxylic acid groups (broad SMARTS) is 1. The Kier molecular flexibility index (Phi) is 3.94. The van der Waals surface area contributed by atoms with Crippen LogP contribution < -0.4 is 10.6 Å². The van der Waals surface area contributed by atoms with Crippen molar-refractivity contribution in [3.8, 4) is 0 Å². The molecular formula is C14H18N2O4. The predicted molar refractivity (Wildman–Crippen MR) is 73.9 cm³/mol. The van der Waals surface area contributed by atoms with E-state index in [2.05, 4.69) is 10.6 Å². The van der Waals surface area contributed by atoms with E-state index in [1.165, 1.54) is 0 Å². The summed E-state index contributed by atoms with van der Waals surface area (Å²) in [4.78, 5) is 23.3. The lowest BCUT2D eigenvalue weighted by Gasteiger charge is -2.24. The van der Waals surface area contributed by atoms with Crippen LogP contribution in [0, 0.1) is 13.8 Å². The van der Waals surface area contributed by atoms with Gasteiger partial charge >= 0.3 is 12.0 Å². The second kappa shape index (κ2) is 5.50. The van der Waals surface area contributed by atoms with Gasteiger partial charge in [-0.05, 0) is 31.0 Å². The molecule has 0 aromatic heterocycles. The number of carbonyl (C=O) groups excluding carboxylic acids is 1. The highest BCUT2D eigenvalue weighted by atomic mass is 16.5. The molecule has 0 saturated carbocycles. The molecule has 1 aliphatic rings. The van der Waals surface area contributed by atoms with Crippen LogP contribution in [0.2, 0.25) is 0 Å². The Hall–Kier alpha value is -2.08. The Morgan fingerprint density at radius 1 is 1.35 bits per heavy atom. The minimum absolute atomic E-state index is 0.0114. The fourth-order valence-corrected chi connectivity index (χ4v) is 2.14. The number of ether oxygens (including phenoxy) is 1. The van der Waals surface area contributed by atoms with Crippen molar-refractivity contribution < 1.29 is 19.4 Å². The summed E-state index contributed by atoms with van der Waals surface area (Å²) in [7, 11) is 0. The van der Waals surface area contributed by atoms with Crippen molar-refractivity contribution in [3.63, 3.8) is 0 Å². The summed E-state index contributed by atoms with van der Waals surface area (Å²) in [5, 5.41) is 14.5. The zero-order valence-corrected chi connectivity index (χ0v) is 11.5. The molecule has 1 fully saturated rings. The molecule has 2 rings (SSSR count). The number of rotatable bonds is 3. The van der Waals surface area contributed by atoms with Gasteiger partial charge in [-0.15, -0.1) is 0 Å². The topological polar surface area (TPSA) is 87.7 Å². The molecule has 0 aliphatic carbocycles. The van der Waals surface area contributed by atoms with Crippen LogP contribution in [0.5, 0.6) is 0 Å². The van der Waals surface area contributed by atoms with Crippen molar-refractivity contribution in [1.29, 1.82) is 0 Å². The van der Waals surface area contributed by atoms with Crippen LogP contribution in [0.3, 0.4) is 0 Å². The Morgan fingerprint density at radius 3 is 2.70 bits per heavy atom. The van der Waals surface area contributed by atoms with Gasteiger partial charge in [-0.25, -0.2) is 9.59 Å². The Labute approximate surface area is 117 Å². The number of carbonyl (C=O) groups is 2. The molecule has 3 N–H and O–H groups in total. The second-order valence-corrected chi connectivity index (χ2v) is 5.02. The quantitative estimate of drug-likeness (QED) is 0.784. The third-order valence-electron chi connectivity index (χ3n) is 3.64. The summed E-state index contributed by atoms with van der Waals surface area (Å²) in [5.74, 6) is -1.08. The van der Waals surface area contributed by atoms with Crippen molar-refractivity contribution >= 4 is 17.7 Å². The van der Waals surface area contributed by atoms with Crippen molar-refractivity contribution in [3.05, 3.63) is 29.3 Å². The van der Waals surface area contributed by atoms with E-state index in [0.29, 0.717) is 12.3 Å². The van der Waals surface area contributed by atoms with E-state index >= 15 is 0 Å². The van der Waals surface area contributed by atoms with E-state index in [4.69, 9.17) is 4.74 Å². The summed E-state index contributed by atoms with van der Waals surface area (Å²) < 4.78 is 5.09. The highest BCUT2D eigenvalue weighted by molar-refractivity contribution is 5.94. The number of urea groups is 1. The van der Waals surface area contributed by atoms with Gasteiger partial charge in [-0.2, -0.15) is 0 Å². The van der Waals surface area contributed by atoms with E-state index in [-0.39, 0.29) is 13.0 Å². The van der Waals surface area contributed by atoms with E-state index in [1.54, 1.807) is 6.07 Å². The smallest absolute Gasteiger partial charge is 0.332 e. The van der Waals surface area contributed by atoms with Gasteiger partial charge in [0.2, 0.25) is 0 Å². The number of benzene rings is 1. The van der Waals surface area contributed by atoms with Gasteiger partial charge in [0, 0.05) is 18.7 Å². The molecule has 1 aromatic carbocycles. The van der Waals surface area contributed by atoms with Crippen LogP contribution in [-0.4, -0.2) is 35.9 Å². The molecule has 1 heterocycles. The summed E-state index contributed by atoms with van der Waals surface area (Å²) >= 11 is 0. The molecule has 0 spiro atoms. The Morgan fingerprint density at radius 2 is 2.10 bits per heavy atom. The number of anilines is 1. The molecule has 2 amide bonds. The van der Waals surface area contributed by atoms with Crippen molar-refractivity contribution in [2.45, 2.75) is 25.8 Å². The summed E-state index contributed by atoms with van der Waals surface area (Å²) in [6, 6.07) is 5.03. The number of hydrogen-bond donors (Lipinski definition) is 3. The lowest BCUT2D eigenvalue weighted by atomic mass is 9.99. The largest absolute Gasteiger partial charge is 0.479 e. The van der Waals surface area contributed by atoms with Gasteiger partial charge in [-0.1, -0.05) is 12.1 Å². The lowest BCUT2D eigenvalue weighted by molar-refractivity contribution is -0.144. The van der Waals surface area contributed by atoms with Crippen LogP contribution >= 0.6 is 0 Å². The maximum absolute atomic E-state index is 12.0. The van der Waals surface area contributed by atoms with Crippen molar-refractivity contribution in [1.82, 2.24) is 5.32 Å². The average Bonchev–Trinajstić information content (AvgIpc) is 2.85. The standard InChI is InChI=1S/C14H18N2O4/c1-9-4-3-5-11(10(9)2)15-13(19)16-14(12(17)18)6-7-20-8-14/h3-5H,6-8H2,1-2H3,(H,17,18)(H2,15,16,19). The van der Waals surface area contributed by atoms with Crippen LogP contribution in [0.1, 0.15) is 17.5 Å². The van der Waals surface area contributed by atoms with Crippen molar-refractivity contribution in [2.75, 3.05) is 18.5 Å². The monoisotopic (exact) mass is 278 g/mol. The molecular weight excluding hydrogens is 260 g/mol. The molecule has 20 heavy (non-hydrogen) atoms. The molecule has 1 unspecified atom stereocenters. The third-order valence-corrected chi connectivity index (χ3v) is 3.64. The molecule has 1 aromatic rings. The predicted octanol–water partition coefficient (Wildman–Crippen LogP) is 1.67. The van der Waals surface area contributed by atoms with E-state index < -0.39 is 17.5 Å².